The fourth-order valence-corrected chi connectivity index (χ4v) is 1.97. The van der Waals surface area contributed by atoms with E-state index in [0.717, 1.165) is 5.69 Å². The van der Waals surface area contributed by atoms with Crippen molar-refractivity contribution in [2.24, 2.45) is 0 Å². The van der Waals surface area contributed by atoms with E-state index in [2.05, 4.69) is 57.2 Å². The molecule has 0 aliphatic rings. The minimum Gasteiger partial charge on any atom is -0.383 e. The second-order valence-corrected chi connectivity index (χ2v) is 5.15. The quantitative estimate of drug-likeness (QED) is 0.849. The van der Waals surface area contributed by atoms with Crippen LogP contribution in [0.1, 0.15) is 25.3 Å². The van der Waals surface area contributed by atoms with E-state index in [9.17, 15) is 0 Å². The van der Waals surface area contributed by atoms with Gasteiger partial charge in [0.25, 0.3) is 0 Å². The molecule has 0 spiro atoms. The number of nitrogens with two attached hydrogens (primary N) is 1. The summed E-state index contributed by atoms with van der Waals surface area (Å²) in [4.78, 5) is 8.31. The summed E-state index contributed by atoms with van der Waals surface area (Å²) in [6.45, 7) is 4.33. The molecule has 94 valence electrons. The van der Waals surface area contributed by atoms with Gasteiger partial charge in [0.15, 0.2) is 0 Å². The average Bonchev–Trinajstić information content (AvgIpc) is 2.28. The van der Waals surface area contributed by atoms with Crippen LogP contribution < -0.4 is 11.1 Å². The molecule has 1 heterocycles. The van der Waals surface area contributed by atoms with Gasteiger partial charge in [-0.05, 0) is 39.5 Å². The van der Waals surface area contributed by atoms with Crippen LogP contribution in [0.15, 0.2) is 34.9 Å². The Morgan fingerprint density at radius 2 is 1.83 bits per heavy atom. The number of benzene rings is 1. The zero-order valence-corrected chi connectivity index (χ0v) is 11.9. The first kappa shape index (κ1) is 12.8. The molecule has 0 saturated heterocycles. The third-order valence-electron chi connectivity index (χ3n) is 2.55. The van der Waals surface area contributed by atoms with Gasteiger partial charge in [0.05, 0.1) is 0 Å². The molecule has 3 N–H and O–H groups in total. The normalized spacial score (nSPS) is 10.7. The molecule has 0 radical (unpaired) electrons. The molecule has 1 aromatic heterocycles. The van der Waals surface area contributed by atoms with E-state index in [1.165, 1.54) is 5.56 Å². The number of nitrogens with zero attached hydrogens (tertiary/aromatic N) is 2. The number of aromatic nitrogens is 2. The Balaban J connectivity index is 2.18. The first-order valence-electron chi connectivity index (χ1n) is 5.71. The molecule has 2 aromatic rings. The highest BCUT2D eigenvalue weighted by Gasteiger charge is 2.02. The van der Waals surface area contributed by atoms with Crippen LogP contribution in [0.25, 0.3) is 0 Å². The topological polar surface area (TPSA) is 63.8 Å². The van der Waals surface area contributed by atoms with Crippen LogP contribution in [0.4, 0.5) is 17.5 Å². The number of anilines is 3. The van der Waals surface area contributed by atoms with E-state index in [-0.39, 0.29) is 0 Å². The molecular weight excluding hydrogens is 292 g/mol. The number of halogens is 1. The highest BCUT2D eigenvalue weighted by Crippen LogP contribution is 2.20. The van der Waals surface area contributed by atoms with E-state index in [1.807, 2.05) is 12.1 Å². The van der Waals surface area contributed by atoms with Crippen LogP contribution in [0, 0.1) is 0 Å². The largest absolute Gasteiger partial charge is 0.383 e. The van der Waals surface area contributed by atoms with Crippen LogP contribution in [0.3, 0.4) is 0 Å². The van der Waals surface area contributed by atoms with Gasteiger partial charge in [-0.1, -0.05) is 26.0 Å². The number of hydrogen-bond donors (Lipinski definition) is 2. The van der Waals surface area contributed by atoms with E-state index in [1.54, 1.807) is 6.07 Å². The van der Waals surface area contributed by atoms with Gasteiger partial charge in [0, 0.05) is 11.8 Å². The molecule has 0 fully saturated rings. The summed E-state index contributed by atoms with van der Waals surface area (Å²) in [6.07, 6.45) is 0. The Morgan fingerprint density at radius 1 is 1.17 bits per heavy atom. The van der Waals surface area contributed by atoms with E-state index in [0.29, 0.717) is 22.3 Å². The van der Waals surface area contributed by atoms with Crippen molar-refractivity contribution in [3.05, 3.63) is 40.5 Å². The van der Waals surface area contributed by atoms with Crippen LogP contribution in [-0.4, -0.2) is 9.97 Å². The lowest BCUT2D eigenvalue weighted by Crippen LogP contribution is -2.00. The van der Waals surface area contributed by atoms with Gasteiger partial charge < -0.3 is 11.1 Å². The Labute approximate surface area is 115 Å². The summed E-state index contributed by atoms with van der Waals surface area (Å²) in [5.74, 6) is 1.44. The summed E-state index contributed by atoms with van der Waals surface area (Å²) < 4.78 is 0.663. The fourth-order valence-electron chi connectivity index (χ4n) is 1.57. The maximum absolute atomic E-state index is 5.66. The van der Waals surface area contributed by atoms with Crippen molar-refractivity contribution in [3.8, 4) is 0 Å². The van der Waals surface area contributed by atoms with Crippen LogP contribution in [-0.2, 0) is 0 Å². The molecule has 0 bridgehead atoms. The molecule has 0 saturated carbocycles. The first-order valence-corrected chi connectivity index (χ1v) is 6.51. The zero-order valence-electron chi connectivity index (χ0n) is 10.3. The van der Waals surface area contributed by atoms with Crippen molar-refractivity contribution in [3.63, 3.8) is 0 Å². The van der Waals surface area contributed by atoms with Crippen molar-refractivity contribution < 1.29 is 0 Å². The lowest BCUT2D eigenvalue weighted by molar-refractivity contribution is 0.867. The molecule has 5 heteroatoms. The third-order valence-corrected chi connectivity index (χ3v) is 2.95. The second-order valence-electron chi connectivity index (χ2n) is 4.34. The number of hydrogen-bond acceptors (Lipinski definition) is 4. The first-order chi connectivity index (χ1) is 8.54. The van der Waals surface area contributed by atoms with Crippen molar-refractivity contribution in [1.29, 1.82) is 0 Å². The molecule has 1 aromatic carbocycles. The summed E-state index contributed by atoms with van der Waals surface area (Å²) in [6, 6.07) is 9.86. The number of nitrogens with one attached hydrogen (secondary N) is 1. The molecule has 2 rings (SSSR count). The molecule has 0 aliphatic heterocycles. The van der Waals surface area contributed by atoms with Gasteiger partial charge in [-0.3, -0.25) is 0 Å². The van der Waals surface area contributed by atoms with Gasteiger partial charge in [-0.25, -0.2) is 4.98 Å². The predicted molar refractivity (Wildman–Crippen MR) is 78.0 cm³/mol. The van der Waals surface area contributed by atoms with Gasteiger partial charge in [-0.15, -0.1) is 0 Å². The Bertz CT molecular complexity index is 517. The standard InChI is InChI=1S/C13H15BrN4/c1-8(2)9-3-5-10(6-4-9)16-13-17-11(14)7-12(15)18-13/h3-8H,1-2H3,(H3,15,16,17,18). The van der Waals surface area contributed by atoms with Crippen LogP contribution >= 0.6 is 15.9 Å². The van der Waals surface area contributed by atoms with Gasteiger partial charge >= 0.3 is 0 Å². The molecule has 0 atom stereocenters. The predicted octanol–water partition coefficient (Wildman–Crippen LogP) is 3.69. The number of nitrogen functional groups attached to an aromatic ring is 1. The SMILES string of the molecule is CC(C)c1ccc(Nc2nc(N)cc(Br)n2)cc1. The highest BCUT2D eigenvalue weighted by atomic mass is 79.9. The molecule has 4 nitrogen and oxygen atoms in total. The Morgan fingerprint density at radius 3 is 2.39 bits per heavy atom. The minimum absolute atomic E-state index is 0.429. The molecule has 0 amide bonds. The average molecular weight is 307 g/mol. The monoisotopic (exact) mass is 306 g/mol. The zero-order chi connectivity index (χ0) is 13.1. The molecule has 0 aliphatic carbocycles. The van der Waals surface area contributed by atoms with E-state index in [4.69, 9.17) is 5.73 Å². The van der Waals surface area contributed by atoms with Gasteiger partial charge in [-0.2, -0.15) is 4.98 Å². The molecular formula is C13H15BrN4. The lowest BCUT2D eigenvalue weighted by Gasteiger charge is -2.08. The Kier molecular flexibility index (Phi) is 3.81. The summed E-state index contributed by atoms with van der Waals surface area (Å²) in [5, 5.41) is 3.12. The van der Waals surface area contributed by atoms with Crippen molar-refractivity contribution >= 4 is 33.4 Å². The second kappa shape index (κ2) is 5.35. The minimum atomic E-state index is 0.429. The summed E-state index contributed by atoms with van der Waals surface area (Å²) >= 11 is 3.29. The molecule has 18 heavy (non-hydrogen) atoms. The maximum atomic E-state index is 5.66. The van der Waals surface area contributed by atoms with Crippen molar-refractivity contribution in [2.75, 3.05) is 11.1 Å². The summed E-state index contributed by atoms with van der Waals surface area (Å²) in [7, 11) is 0. The highest BCUT2D eigenvalue weighted by molar-refractivity contribution is 9.10. The lowest BCUT2D eigenvalue weighted by atomic mass is 10.0. The van der Waals surface area contributed by atoms with Crippen LogP contribution in [0.5, 0.6) is 0 Å². The van der Waals surface area contributed by atoms with Crippen molar-refractivity contribution in [2.45, 2.75) is 19.8 Å². The fraction of sp³-hybridized carbons (Fsp3) is 0.231. The molecule has 0 unspecified atom stereocenters. The van der Waals surface area contributed by atoms with E-state index >= 15 is 0 Å². The maximum Gasteiger partial charge on any atom is 0.230 e. The summed E-state index contributed by atoms with van der Waals surface area (Å²) in [5.41, 5.74) is 7.90. The van der Waals surface area contributed by atoms with Gasteiger partial charge in [0.1, 0.15) is 10.4 Å². The van der Waals surface area contributed by atoms with Crippen molar-refractivity contribution in [1.82, 2.24) is 9.97 Å². The smallest absolute Gasteiger partial charge is 0.230 e. The van der Waals surface area contributed by atoms with Crippen LogP contribution in [0.2, 0.25) is 0 Å². The van der Waals surface area contributed by atoms with E-state index < -0.39 is 0 Å². The number of rotatable bonds is 3. The van der Waals surface area contributed by atoms with Gasteiger partial charge in [0.2, 0.25) is 5.95 Å². The third kappa shape index (κ3) is 3.20. The Hall–Kier alpha value is -1.62.